The molecule has 0 aliphatic carbocycles. The number of ether oxygens (including phenoxy) is 1. The van der Waals surface area contributed by atoms with Crippen LogP contribution < -0.4 is 0 Å². The molecule has 1 amide bonds. The molecule has 2 fully saturated rings. The Labute approximate surface area is 183 Å². The number of carbonyl (C=O) groups excluding carboxylic acids is 2. The molecule has 3 aliphatic rings. The highest BCUT2D eigenvalue weighted by Gasteiger charge is 2.50. The third-order valence-electron chi connectivity index (χ3n) is 6.76. The topological polar surface area (TPSA) is 139 Å². The number of hydrogen-bond donors (Lipinski definition) is 1. The fourth-order valence-corrected chi connectivity index (χ4v) is 4.68. The summed E-state index contributed by atoms with van der Waals surface area (Å²) in [7, 11) is 0. The van der Waals surface area contributed by atoms with Gasteiger partial charge in [0.25, 0.3) is 5.95 Å². The summed E-state index contributed by atoms with van der Waals surface area (Å²) < 4.78 is 6.42. The average molecular weight is 440 g/mol. The molecule has 0 aromatic carbocycles. The maximum absolute atomic E-state index is 13.2. The fourth-order valence-electron chi connectivity index (χ4n) is 4.68. The number of aromatic nitrogens is 6. The first-order valence-electron chi connectivity index (χ1n) is 10.6. The van der Waals surface area contributed by atoms with Gasteiger partial charge in [0.15, 0.2) is 0 Å². The zero-order chi connectivity index (χ0) is 22.3. The number of hydrogen-bond acceptors (Lipinski definition) is 10. The SMILES string of the molecule is CC1=C(N2CCC3(CCN(C[C@H](O)c4cnc(-n5cnnn5)nc4)CC3)C2=O)COC1=O. The highest BCUT2D eigenvalue weighted by Crippen LogP contribution is 2.43. The van der Waals surface area contributed by atoms with Crippen LogP contribution in [0.4, 0.5) is 0 Å². The quantitative estimate of drug-likeness (QED) is 0.613. The Bertz CT molecular complexity index is 1040. The minimum Gasteiger partial charge on any atom is -0.456 e. The normalized spacial score (nSPS) is 22.1. The van der Waals surface area contributed by atoms with Crippen LogP contribution in [0.3, 0.4) is 0 Å². The van der Waals surface area contributed by atoms with Gasteiger partial charge in [0, 0.05) is 31.0 Å². The van der Waals surface area contributed by atoms with Crippen LogP contribution in [0, 0.1) is 5.41 Å². The van der Waals surface area contributed by atoms with E-state index in [4.69, 9.17) is 4.74 Å². The molecule has 0 saturated carbocycles. The number of likely N-dealkylation sites (tertiary alicyclic amines) is 2. The van der Waals surface area contributed by atoms with E-state index >= 15 is 0 Å². The predicted octanol–water partition coefficient (Wildman–Crippen LogP) is -0.369. The number of tetrazole rings is 1. The van der Waals surface area contributed by atoms with Crippen molar-refractivity contribution >= 4 is 11.9 Å². The average Bonchev–Trinajstić information content (AvgIpc) is 3.53. The number of esters is 1. The largest absolute Gasteiger partial charge is 0.456 e. The first-order valence-corrected chi connectivity index (χ1v) is 10.6. The van der Waals surface area contributed by atoms with Crippen molar-refractivity contribution in [1.82, 2.24) is 40.0 Å². The number of aliphatic hydroxyl groups is 1. The molecule has 3 aliphatic heterocycles. The Morgan fingerprint density at radius 1 is 1.16 bits per heavy atom. The van der Waals surface area contributed by atoms with Crippen LogP contribution in [0.5, 0.6) is 0 Å². The molecule has 1 spiro atoms. The highest BCUT2D eigenvalue weighted by molar-refractivity contribution is 5.94. The van der Waals surface area contributed by atoms with E-state index < -0.39 is 11.5 Å². The molecule has 5 heterocycles. The van der Waals surface area contributed by atoms with Gasteiger partial charge in [0.1, 0.15) is 12.9 Å². The zero-order valence-corrected chi connectivity index (χ0v) is 17.7. The second kappa shape index (κ2) is 8.02. The lowest BCUT2D eigenvalue weighted by molar-refractivity contribution is -0.138. The van der Waals surface area contributed by atoms with Gasteiger partial charge in [-0.1, -0.05) is 0 Å². The summed E-state index contributed by atoms with van der Waals surface area (Å²) >= 11 is 0. The summed E-state index contributed by atoms with van der Waals surface area (Å²) in [6.45, 7) is 4.39. The van der Waals surface area contributed by atoms with Gasteiger partial charge < -0.3 is 19.6 Å². The summed E-state index contributed by atoms with van der Waals surface area (Å²) in [6, 6.07) is 0. The van der Waals surface area contributed by atoms with Crippen LogP contribution >= 0.6 is 0 Å². The number of carbonyl (C=O) groups is 2. The number of cyclic esters (lactones) is 1. The van der Waals surface area contributed by atoms with Gasteiger partial charge in [-0.25, -0.2) is 14.8 Å². The standard InChI is InChI=1S/C20H24N8O4/c1-13-15(11-32-17(13)30)27-7-4-20(18(27)31)2-5-26(6-3-20)10-16(29)14-8-21-19(22-9-14)28-12-23-24-25-28/h8-9,12,16,29H,2-7,10-11H2,1H3/t16-/m0/s1. The number of piperidine rings is 1. The molecule has 5 rings (SSSR count). The van der Waals surface area contributed by atoms with E-state index in [-0.39, 0.29) is 18.5 Å². The molecule has 12 nitrogen and oxygen atoms in total. The summed E-state index contributed by atoms with van der Waals surface area (Å²) in [4.78, 5) is 37.2. The van der Waals surface area contributed by atoms with Gasteiger partial charge in [0.05, 0.1) is 22.8 Å². The Hall–Kier alpha value is -3.25. The molecule has 12 heteroatoms. The number of rotatable bonds is 5. The first-order chi connectivity index (χ1) is 15.5. The maximum atomic E-state index is 13.2. The van der Waals surface area contributed by atoms with Crippen molar-refractivity contribution in [3.8, 4) is 5.95 Å². The molecule has 2 aromatic rings. The number of nitrogens with zero attached hydrogens (tertiary/aromatic N) is 8. The second-order valence-electron chi connectivity index (χ2n) is 8.52. The van der Waals surface area contributed by atoms with Crippen LogP contribution in [-0.4, -0.2) is 89.7 Å². The predicted molar refractivity (Wildman–Crippen MR) is 108 cm³/mol. The number of β-amino-alcohol motifs (C(OH)–C–C–N with tert-alkyl or cyclic N) is 1. The van der Waals surface area contributed by atoms with E-state index in [0.29, 0.717) is 49.0 Å². The van der Waals surface area contributed by atoms with E-state index in [2.05, 4.69) is 30.4 Å². The van der Waals surface area contributed by atoms with Crippen LogP contribution in [0.2, 0.25) is 0 Å². The van der Waals surface area contributed by atoms with Crippen molar-refractivity contribution in [2.75, 3.05) is 32.8 Å². The number of aliphatic hydroxyl groups excluding tert-OH is 1. The van der Waals surface area contributed by atoms with Gasteiger partial charge in [0.2, 0.25) is 5.91 Å². The minimum absolute atomic E-state index is 0.0944. The summed E-state index contributed by atoms with van der Waals surface area (Å²) in [5, 5.41) is 21.5. The zero-order valence-electron chi connectivity index (χ0n) is 17.7. The van der Waals surface area contributed by atoms with Crippen molar-refractivity contribution in [2.45, 2.75) is 32.3 Å². The summed E-state index contributed by atoms with van der Waals surface area (Å²) in [5.74, 6) is 0.0827. The van der Waals surface area contributed by atoms with Crippen molar-refractivity contribution < 1.29 is 19.4 Å². The Morgan fingerprint density at radius 2 is 1.88 bits per heavy atom. The van der Waals surface area contributed by atoms with Gasteiger partial charge in [-0.2, -0.15) is 4.68 Å². The van der Waals surface area contributed by atoms with E-state index in [1.165, 1.54) is 11.0 Å². The smallest absolute Gasteiger partial charge is 0.336 e. The lowest BCUT2D eigenvalue weighted by Crippen LogP contribution is -2.45. The van der Waals surface area contributed by atoms with Gasteiger partial charge in [-0.05, 0) is 49.7 Å². The van der Waals surface area contributed by atoms with Gasteiger partial charge in [-0.15, -0.1) is 5.10 Å². The lowest BCUT2D eigenvalue weighted by Gasteiger charge is -2.38. The van der Waals surface area contributed by atoms with E-state index in [0.717, 1.165) is 19.3 Å². The van der Waals surface area contributed by atoms with Crippen molar-refractivity contribution in [2.24, 2.45) is 5.41 Å². The first kappa shape index (κ1) is 20.6. The van der Waals surface area contributed by atoms with Crippen LogP contribution in [-0.2, 0) is 14.3 Å². The molecule has 0 radical (unpaired) electrons. The highest BCUT2D eigenvalue weighted by atomic mass is 16.5. The molecular formula is C20H24N8O4. The van der Waals surface area contributed by atoms with E-state index in [1.54, 1.807) is 24.2 Å². The Kier molecular flexibility index (Phi) is 5.18. The monoisotopic (exact) mass is 440 g/mol. The minimum atomic E-state index is -0.739. The number of amides is 1. The molecular weight excluding hydrogens is 416 g/mol. The van der Waals surface area contributed by atoms with Crippen molar-refractivity contribution in [3.63, 3.8) is 0 Å². The Morgan fingerprint density at radius 3 is 2.50 bits per heavy atom. The van der Waals surface area contributed by atoms with Crippen LogP contribution in [0.1, 0.15) is 37.9 Å². The molecule has 168 valence electrons. The third kappa shape index (κ3) is 3.54. The maximum Gasteiger partial charge on any atom is 0.336 e. The molecule has 2 aromatic heterocycles. The van der Waals surface area contributed by atoms with Crippen molar-refractivity contribution in [3.05, 3.63) is 35.6 Å². The molecule has 32 heavy (non-hydrogen) atoms. The summed E-state index contributed by atoms with van der Waals surface area (Å²) in [6.07, 6.45) is 6.03. The molecule has 2 saturated heterocycles. The molecule has 0 bridgehead atoms. The van der Waals surface area contributed by atoms with E-state index in [9.17, 15) is 14.7 Å². The lowest BCUT2D eigenvalue weighted by atomic mass is 9.77. The van der Waals surface area contributed by atoms with Crippen molar-refractivity contribution in [1.29, 1.82) is 0 Å². The van der Waals surface area contributed by atoms with Crippen LogP contribution in [0.15, 0.2) is 30.0 Å². The van der Waals surface area contributed by atoms with Gasteiger partial charge in [-0.3, -0.25) is 4.79 Å². The molecule has 0 unspecified atom stereocenters. The fraction of sp³-hybridized carbons (Fsp3) is 0.550. The van der Waals surface area contributed by atoms with E-state index in [1.807, 2.05) is 0 Å². The third-order valence-corrected chi connectivity index (χ3v) is 6.76. The Balaban J connectivity index is 1.18. The molecule has 1 atom stereocenters. The van der Waals surface area contributed by atoms with Crippen LogP contribution in [0.25, 0.3) is 5.95 Å². The summed E-state index contributed by atoms with van der Waals surface area (Å²) in [5.41, 5.74) is 1.46. The van der Waals surface area contributed by atoms with Gasteiger partial charge >= 0.3 is 5.97 Å². The second-order valence-corrected chi connectivity index (χ2v) is 8.52. The molecule has 1 N–H and O–H groups in total.